The van der Waals surface area contributed by atoms with E-state index in [4.69, 9.17) is 0 Å². The van der Waals surface area contributed by atoms with Gasteiger partial charge in [-0.15, -0.1) is 0 Å². The number of rotatable bonds is 5. The maximum atomic E-state index is 11.6. The van der Waals surface area contributed by atoms with E-state index in [0.717, 1.165) is 18.7 Å². The van der Waals surface area contributed by atoms with Gasteiger partial charge >= 0.3 is 5.97 Å². The second kappa shape index (κ2) is 6.33. The summed E-state index contributed by atoms with van der Waals surface area (Å²) in [5.74, 6) is 0.193. The predicted molar refractivity (Wildman–Crippen MR) is 70.6 cm³/mol. The number of esters is 1. The highest BCUT2D eigenvalue weighted by Gasteiger charge is 2.19. The third-order valence-corrected chi connectivity index (χ3v) is 3.20. The lowest BCUT2D eigenvalue weighted by molar-refractivity contribution is -0.122. The number of amides is 1. The van der Waals surface area contributed by atoms with Crippen molar-refractivity contribution in [2.75, 3.05) is 20.2 Å². The molecule has 102 valence electrons. The van der Waals surface area contributed by atoms with Gasteiger partial charge < -0.3 is 15.4 Å². The SMILES string of the molecule is COC(=O)c1ccc(CNC(=O)CC2CNC2)cc1. The van der Waals surface area contributed by atoms with Gasteiger partial charge in [0.25, 0.3) is 0 Å². The predicted octanol–water partition coefficient (Wildman–Crippen LogP) is 0.699. The van der Waals surface area contributed by atoms with Crippen LogP contribution < -0.4 is 10.6 Å². The Balaban J connectivity index is 1.79. The number of hydrogen-bond acceptors (Lipinski definition) is 4. The van der Waals surface area contributed by atoms with E-state index in [0.29, 0.717) is 24.4 Å². The lowest BCUT2D eigenvalue weighted by atomic mass is 9.99. The molecule has 1 saturated heterocycles. The summed E-state index contributed by atoms with van der Waals surface area (Å²) >= 11 is 0. The molecule has 1 aliphatic rings. The zero-order chi connectivity index (χ0) is 13.7. The number of carbonyl (C=O) groups excluding carboxylic acids is 2. The van der Waals surface area contributed by atoms with E-state index in [-0.39, 0.29) is 11.9 Å². The summed E-state index contributed by atoms with van der Waals surface area (Å²) in [6.45, 7) is 2.35. The van der Waals surface area contributed by atoms with Gasteiger partial charge in [0.2, 0.25) is 5.91 Å². The minimum atomic E-state index is -0.354. The Morgan fingerprint density at radius 1 is 1.32 bits per heavy atom. The van der Waals surface area contributed by atoms with Crippen LogP contribution in [0.5, 0.6) is 0 Å². The first kappa shape index (κ1) is 13.5. The van der Waals surface area contributed by atoms with Crippen molar-refractivity contribution in [2.45, 2.75) is 13.0 Å². The van der Waals surface area contributed by atoms with Gasteiger partial charge in [0, 0.05) is 13.0 Å². The fourth-order valence-electron chi connectivity index (χ4n) is 1.90. The summed E-state index contributed by atoms with van der Waals surface area (Å²) in [7, 11) is 1.35. The summed E-state index contributed by atoms with van der Waals surface area (Å²) in [4.78, 5) is 22.9. The van der Waals surface area contributed by atoms with Gasteiger partial charge in [-0.25, -0.2) is 4.79 Å². The van der Waals surface area contributed by atoms with Crippen molar-refractivity contribution >= 4 is 11.9 Å². The molecule has 1 aromatic carbocycles. The molecule has 1 fully saturated rings. The Labute approximate surface area is 112 Å². The van der Waals surface area contributed by atoms with E-state index in [1.165, 1.54) is 7.11 Å². The molecule has 1 heterocycles. The number of methoxy groups -OCH3 is 1. The van der Waals surface area contributed by atoms with Gasteiger partial charge in [-0.2, -0.15) is 0 Å². The first-order valence-electron chi connectivity index (χ1n) is 6.33. The van der Waals surface area contributed by atoms with E-state index in [2.05, 4.69) is 15.4 Å². The molecule has 5 nitrogen and oxygen atoms in total. The third-order valence-electron chi connectivity index (χ3n) is 3.20. The van der Waals surface area contributed by atoms with Crippen molar-refractivity contribution in [1.82, 2.24) is 10.6 Å². The fourth-order valence-corrected chi connectivity index (χ4v) is 1.90. The molecule has 1 amide bonds. The van der Waals surface area contributed by atoms with Crippen molar-refractivity contribution in [1.29, 1.82) is 0 Å². The number of nitrogens with one attached hydrogen (secondary N) is 2. The fraction of sp³-hybridized carbons (Fsp3) is 0.429. The van der Waals surface area contributed by atoms with Gasteiger partial charge in [-0.1, -0.05) is 12.1 Å². The molecule has 0 atom stereocenters. The normalized spacial score (nSPS) is 14.6. The van der Waals surface area contributed by atoms with Crippen LogP contribution in [-0.2, 0) is 16.1 Å². The smallest absolute Gasteiger partial charge is 0.337 e. The second-order valence-corrected chi connectivity index (χ2v) is 4.69. The van der Waals surface area contributed by atoms with Crippen LogP contribution in [0.4, 0.5) is 0 Å². The molecule has 0 aromatic heterocycles. The Hall–Kier alpha value is -1.88. The Kier molecular flexibility index (Phi) is 4.52. The number of benzene rings is 1. The molecular weight excluding hydrogens is 244 g/mol. The first-order chi connectivity index (χ1) is 9.19. The molecule has 1 aromatic rings. The van der Waals surface area contributed by atoms with Gasteiger partial charge in [-0.3, -0.25) is 4.79 Å². The van der Waals surface area contributed by atoms with Crippen molar-refractivity contribution < 1.29 is 14.3 Å². The molecular formula is C14H18N2O3. The topological polar surface area (TPSA) is 67.4 Å². The first-order valence-corrected chi connectivity index (χ1v) is 6.33. The summed E-state index contributed by atoms with van der Waals surface area (Å²) in [6.07, 6.45) is 0.577. The number of ether oxygens (including phenoxy) is 1. The van der Waals surface area contributed by atoms with Crippen LogP contribution in [0.25, 0.3) is 0 Å². The van der Waals surface area contributed by atoms with Crippen LogP contribution in [0.15, 0.2) is 24.3 Å². The lowest BCUT2D eigenvalue weighted by Gasteiger charge is -2.26. The largest absolute Gasteiger partial charge is 0.465 e. The molecule has 0 aliphatic carbocycles. The van der Waals surface area contributed by atoms with E-state index in [1.807, 2.05) is 12.1 Å². The number of hydrogen-bond donors (Lipinski definition) is 2. The molecule has 0 spiro atoms. The van der Waals surface area contributed by atoms with Crippen molar-refractivity contribution in [3.05, 3.63) is 35.4 Å². The second-order valence-electron chi connectivity index (χ2n) is 4.69. The third kappa shape index (κ3) is 3.79. The van der Waals surface area contributed by atoms with Crippen LogP contribution in [0.3, 0.4) is 0 Å². The minimum absolute atomic E-state index is 0.0727. The summed E-state index contributed by atoms with van der Waals surface area (Å²) in [5.41, 5.74) is 1.48. The average Bonchev–Trinajstić information content (AvgIpc) is 2.40. The maximum absolute atomic E-state index is 11.6. The maximum Gasteiger partial charge on any atom is 0.337 e. The molecule has 0 radical (unpaired) electrons. The summed E-state index contributed by atoms with van der Waals surface area (Å²) < 4.78 is 4.62. The van der Waals surface area contributed by atoms with Crippen LogP contribution in [0.1, 0.15) is 22.3 Å². The standard InChI is InChI=1S/C14H18N2O3/c1-19-14(18)12-4-2-10(3-5-12)9-16-13(17)6-11-7-15-8-11/h2-5,11,15H,6-9H2,1H3,(H,16,17). The molecule has 19 heavy (non-hydrogen) atoms. The van der Waals surface area contributed by atoms with Gasteiger partial charge in [-0.05, 0) is 36.7 Å². The van der Waals surface area contributed by atoms with Gasteiger partial charge in [0.15, 0.2) is 0 Å². The molecule has 5 heteroatoms. The molecule has 2 N–H and O–H groups in total. The van der Waals surface area contributed by atoms with Crippen molar-refractivity contribution in [2.24, 2.45) is 5.92 Å². The summed E-state index contributed by atoms with van der Waals surface area (Å²) in [6, 6.07) is 7.03. The average molecular weight is 262 g/mol. The molecule has 0 bridgehead atoms. The molecule has 0 unspecified atom stereocenters. The zero-order valence-corrected chi connectivity index (χ0v) is 10.9. The Bertz CT molecular complexity index is 452. The van der Waals surface area contributed by atoms with Crippen molar-refractivity contribution in [3.63, 3.8) is 0 Å². The highest BCUT2D eigenvalue weighted by Crippen LogP contribution is 2.09. The van der Waals surface area contributed by atoms with E-state index >= 15 is 0 Å². The summed E-state index contributed by atoms with van der Waals surface area (Å²) in [5, 5.41) is 6.02. The molecule has 1 aliphatic heterocycles. The van der Waals surface area contributed by atoms with Crippen LogP contribution in [-0.4, -0.2) is 32.1 Å². The zero-order valence-electron chi connectivity index (χ0n) is 10.9. The highest BCUT2D eigenvalue weighted by atomic mass is 16.5. The van der Waals surface area contributed by atoms with E-state index in [1.54, 1.807) is 12.1 Å². The van der Waals surface area contributed by atoms with E-state index < -0.39 is 0 Å². The van der Waals surface area contributed by atoms with Gasteiger partial charge in [0.05, 0.1) is 12.7 Å². The monoisotopic (exact) mass is 262 g/mol. The minimum Gasteiger partial charge on any atom is -0.465 e. The van der Waals surface area contributed by atoms with Crippen LogP contribution in [0, 0.1) is 5.92 Å². The Morgan fingerprint density at radius 3 is 2.53 bits per heavy atom. The lowest BCUT2D eigenvalue weighted by Crippen LogP contribution is -2.44. The molecule has 2 rings (SSSR count). The van der Waals surface area contributed by atoms with Crippen LogP contribution >= 0.6 is 0 Å². The quantitative estimate of drug-likeness (QED) is 0.767. The van der Waals surface area contributed by atoms with Crippen LogP contribution in [0.2, 0.25) is 0 Å². The van der Waals surface area contributed by atoms with Gasteiger partial charge in [0.1, 0.15) is 0 Å². The Morgan fingerprint density at radius 2 is 2.00 bits per heavy atom. The number of carbonyl (C=O) groups is 2. The molecule has 0 saturated carbocycles. The van der Waals surface area contributed by atoms with Crippen molar-refractivity contribution in [3.8, 4) is 0 Å². The highest BCUT2D eigenvalue weighted by molar-refractivity contribution is 5.89. The van der Waals surface area contributed by atoms with E-state index in [9.17, 15) is 9.59 Å².